The number of thiophene rings is 1. The number of amides is 2. The minimum absolute atomic E-state index is 0.0396. The highest BCUT2D eigenvalue weighted by Gasteiger charge is 2.41. The largest absolute Gasteiger partial charge is 0.384 e. The van der Waals surface area contributed by atoms with Crippen molar-refractivity contribution in [3.05, 3.63) is 93.7 Å². The van der Waals surface area contributed by atoms with Crippen molar-refractivity contribution in [1.82, 2.24) is 14.9 Å². The molecule has 0 bridgehead atoms. The summed E-state index contributed by atoms with van der Waals surface area (Å²) in [5.41, 5.74) is 7.69. The zero-order chi connectivity index (χ0) is 27.3. The second kappa shape index (κ2) is 11.9. The third kappa shape index (κ3) is 6.66. The summed E-state index contributed by atoms with van der Waals surface area (Å²) in [6.45, 7) is 0.597. The Morgan fingerprint density at radius 1 is 1.11 bits per heavy atom. The number of hydrogen-bond acceptors (Lipinski definition) is 6. The molecule has 0 aliphatic carbocycles. The van der Waals surface area contributed by atoms with E-state index in [0.29, 0.717) is 24.9 Å². The lowest BCUT2D eigenvalue weighted by Gasteiger charge is -2.33. The number of carbonyl (C=O) groups excluding carboxylic acids is 2. The summed E-state index contributed by atoms with van der Waals surface area (Å²) in [6, 6.07) is 18.5. The Hall–Kier alpha value is -3.54. The molecular formula is C27H31N5O4S2. The van der Waals surface area contributed by atoms with Crippen LogP contribution >= 0.6 is 11.3 Å². The first-order valence-corrected chi connectivity index (χ1v) is 15.0. The highest BCUT2D eigenvalue weighted by atomic mass is 32.2. The third-order valence-electron chi connectivity index (χ3n) is 6.50. The predicted molar refractivity (Wildman–Crippen MR) is 148 cm³/mol. The molecule has 4 rings (SSSR count). The van der Waals surface area contributed by atoms with Gasteiger partial charge in [0, 0.05) is 28.3 Å². The Morgan fingerprint density at radius 3 is 2.24 bits per heavy atom. The number of carbonyl (C=O) groups is 2. The Kier molecular flexibility index (Phi) is 8.60. The summed E-state index contributed by atoms with van der Waals surface area (Å²) >= 11 is 1.39. The number of amidine groups is 1. The standard InChI is InChI=1S/C27H31N5O4S2/c1-38(35,36)31-24(23(18-9-4-2-5-10-18)19-11-6-3-7-12-19)27(34)32-14-8-13-22(32)26(33)30-16-21-15-20(17-37-21)25(28)29/h2-7,9-12,15,17,22-24,31H,8,13-14,16H2,1H3,(H3,28,29)(H,30,33). The van der Waals surface area contributed by atoms with Crippen LogP contribution in [-0.4, -0.2) is 55.9 Å². The van der Waals surface area contributed by atoms with E-state index in [2.05, 4.69) is 10.0 Å². The molecule has 1 aliphatic rings. The van der Waals surface area contributed by atoms with E-state index in [9.17, 15) is 18.0 Å². The number of nitrogens with two attached hydrogens (primary N) is 1. The molecule has 2 aromatic carbocycles. The summed E-state index contributed by atoms with van der Waals surface area (Å²) in [5.74, 6) is -1.38. The van der Waals surface area contributed by atoms with Crippen LogP contribution in [0.5, 0.6) is 0 Å². The molecule has 3 aromatic rings. The van der Waals surface area contributed by atoms with Gasteiger partial charge in [0.1, 0.15) is 17.9 Å². The van der Waals surface area contributed by atoms with Gasteiger partial charge in [0.25, 0.3) is 0 Å². The summed E-state index contributed by atoms with van der Waals surface area (Å²) < 4.78 is 27.5. The van der Waals surface area contributed by atoms with Crippen molar-refractivity contribution in [3.8, 4) is 0 Å². The van der Waals surface area contributed by atoms with Gasteiger partial charge in [-0.2, -0.15) is 0 Å². The van der Waals surface area contributed by atoms with Crippen molar-refractivity contribution in [2.24, 2.45) is 5.73 Å². The number of benzene rings is 2. The molecule has 9 nitrogen and oxygen atoms in total. The molecule has 0 radical (unpaired) electrons. The molecular weight excluding hydrogens is 522 g/mol. The first kappa shape index (κ1) is 27.5. The number of sulfonamides is 1. The van der Waals surface area contributed by atoms with E-state index in [1.807, 2.05) is 60.7 Å². The maximum atomic E-state index is 14.1. The Bertz CT molecular complexity index is 1350. The molecule has 2 amide bonds. The van der Waals surface area contributed by atoms with Gasteiger partial charge in [0.15, 0.2) is 0 Å². The van der Waals surface area contributed by atoms with Crippen LogP contribution in [0.3, 0.4) is 0 Å². The van der Waals surface area contributed by atoms with Crippen LogP contribution in [-0.2, 0) is 26.2 Å². The zero-order valence-electron chi connectivity index (χ0n) is 21.0. The van der Waals surface area contributed by atoms with E-state index in [-0.39, 0.29) is 18.3 Å². The lowest BCUT2D eigenvalue weighted by Crippen LogP contribution is -2.55. The van der Waals surface area contributed by atoms with E-state index in [1.54, 1.807) is 11.4 Å². The second-order valence-corrected chi connectivity index (χ2v) is 12.1. The van der Waals surface area contributed by atoms with Crippen molar-refractivity contribution >= 4 is 39.0 Å². The van der Waals surface area contributed by atoms with E-state index >= 15 is 0 Å². The van der Waals surface area contributed by atoms with E-state index in [4.69, 9.17) is 11.1 Å². The molecule has 1 aromatic heterocycles. The van der Waals surface area contributed by atoms with Crippen LogP contribution in [0.15, 0.2) is 72.1 Å². The Balaban J connectivity index is 1.61. The van der Waals surface area contributed by atoms with E-state index in [1.165, 1.54) is 16.2 Å². The second-order valence-electron chi connectivity index (χ2n) is 9.29. The van der Waals surface area contributed by atoms with Gasteiger partial charge >= 0.3 is 0 Å². The maximum Gasteiger partial charge on any atom is 0.243 e. The molecule has 11 heteroatoms. The fourth-order valence-electron chi connectivity index (χ4n) is 4.78. The fraction of sp³-hybridized carbons (Fsp3) is 0.296. The molecule has 1 saturated heterocycles. The molecule has 0 saturated carbocycles. The number of likely N-dealkylation sites (tertiary alicyclic amines) is 1. The molecule has 2 heterocycles. The number of nitrogens with one attached hydrogen (secondary N) is 3. The van der Waals surface area contributed by atoms with Crippen molar-refractivity contribution in [2.45, 2.75) is 37.4 Å². The van der Waals surface area contributed by atoms with Crippen molar-refractivity contribution < 1.29 is 18.0 Å². The van der Waals surface area contributed by atoms with Crippen molar-refractivity contribution in [2.75, 3.05) is 12.8 Å². The van der Waals surface area contributed by atoms with Crippen LogP contribution in [0.25, 0.3) is 0 Å². The van der Waals surface area contributed by atoms with Gasteiger partial charge in [0.2, 0.25) is 21.8 Å². The predicted octanol–water partition coefficient (Wildman–Crippen LogP) is 2.39. The van der Waals surface area contributed by atoms with Crippen LogP contribution < -0.4 is 15.8 Å². The summed E-state index contributed by atoms with van der Waals surface area (Å²) in [7, 11) is -3.77. The first-order valence-electron chi connectivity index (χ1n) is 12.2. The van der Waals surface area contributed by atoms with Gasteiger partial charge in [-0.1, -0.05) is 60.7 Å². The maximum absolute atomic E-state index is 14.1. The molecule has 38 heavy (non-hydrogen) atoms. The van der Waals surface area contributed by atoms with Crippen molar-refractivity contribution in [1.29, 1.82) is 5.41 Å². The highest BCUT2D eigenvalue weighted by molar-refractivity contribution is 7.88. The molecule has 5 N–H and O–H groups in total. The topological polar surface area (TPSA) is 145 Å². The van der Waals surface area contributed by atoms with E-state index in [0.717, 1.165) is 22.3 Å². The first-order chi connectivity index (χ1) is 18.1. The zero-order valence-corrected chi connectivity index (χ0v) is 22.6. The highest BCUT2D eigenvalue weighted by Crippen LogP contribution is 2.31. The average molecular weight is 554 g/mol. The monoisotopic (exact) mass is 553 g/mol. The average Bonchev–Trinajstić information content (AvgIpc) is 3.57. The Labute approximate surface area is 226 Å². The summed E-state index contributed by atoms with van der Waals surface area (Å²) in [6.07, 6.45) is 2.14. The smallest absolute Gasteiger partial charge is 0.243 e. The molecule has 1 fully saturated rings. The minimum atomic E-state index is -3.77. The third-order valence-corrected chi connectivity index (χ3v) is 8.12. The van der Waals surface area contributed by atoms with Gasteiger partial charge in [0.05, 0.1) is 12.8 Å². The van der Waals surface area contributed by atoms with Gasteiger partial charge in [-0.25, -0.2) is 13.1 Å². The normalized spacial score (nSPS) is 16.4. The molecule has 2 atom stereocenters. The number of nitrogens with zero attached hydrogens (tertiary/aromatic N) is 1. The number of nitrogen functional groups attached to an aromatic ring is 1. The van der Waals surface area contributed by atoms with Crippen LogP contribution in [0.1, 0.15) is 40.3 Å². The van der Waals surface area contributed by atoms with Crippen molar-refractivity contribution in [3.63, 3.8) is 0 Å². The SMILES string of the molecule is CS(=O)(=O)NC(C(=O)N1CCCC1C(=O)NCc1cc(C(=N)N)cs1)C(c1ccccc1)c1ccccc1. The van der Waals surface area contributed by atoms with Crippen LogP contribution in [0.2, 0.25) is 0 Å². The fourth-order valence-corrected chi connectivity index (χ4v) is 6.30. The van der Waals surface area contributed by atoms with Gasteiger partial charge in [-0.3, -0.25) is 15.0 Å². The molecule has 2 unspecified atom stereocenters. The molecule has 0 spiro atoms. The van der Waals surface area contributed by atoms with Crippen LogP contribution in [0.4, 0.5) is 0 Å². The molecule has 1 aliphatic heterocycles. The molecule has 200 valence electrons. The van der Waals surface area contributed by atoms with Gasteiger partial charge in [-0.05, 0) is 30.0 Å². The minimum Gasteiger partial charge on any atom is -0.384 e. The van der Waals surface area contributed by atoms with Gasteiger partial charge < -0.3 is 16.0 Å². The van der Waals surface area contributed by atoms with Crippen LogP contribution in [0, 0.1) is 5.41 Å². The van der Waals surface area contributed by atoms with Gasteiger partial charge in [-0.15, -0.1) is 11.3 Å². The quantitative estimate of drug-likeness (QED) is 0.225. The summed E-state index contributed by atoms with van der Waals surface area (Å²) in [5, 5.41) is 12.2. The number of rotatable bonds is 10. The Morgan fingerprint density at radius 2 is 1.71 bits per heavy atom. The summed E-state index contributed by atoms with van der Waals surface area (Å²) in [4.78, 5) is 29.6. The number of hydrogen-bond donors (Lipinski definition) is 4. The van der Waals surface area contributed by atoms with E-state index < -0.39 is 33.9 Å². The lowest BCUT2D eigenvalue weighted by molar-refractivity contribution is -0.140. The lowest BCUT2D eigenvalue weighted by atomic mass is 9.84.